The topological polar surface area (TPSA) is 43.6 Å². The van der Waals surface area contributed by atoms with Gasteiger partial charge < -0.3 is 4.74 Å². The fourth-order valence-electron chi connectivity index (χ4n) is 3.44. The van der Waals surface area contributed by atoms with Crippen molar-refractivity contribution in [1.82, 2.24) is 9.38 Å². The van der Waals surface area contributed by atoms with Crippen molar-refractivity contribution in [3.8, 4) is 0 Å². The minimum Gasteiger partial charge on any atom is -0.454 e. The predicted molar refractivity (Wildman–Crippen MR) is 112 cm³/mol. The summed E-state index contributed by atoms with van der Waals surface area (Å²) in [5, 5.41) is 1.13. The molecule has 2 aromatic heterocycles. The largest absolute Gasteiger partial charge is 0.454 e. The first kappa shape index (κ1) is 17.7. The minimum absolute atomic E-state index is 0.0537. The van der Waals surface area contributed by atoms with Crippen molar-refractivity contribution in [3.05, 3.63) is 87.2 Å². The van der Waals surface area contributed by atoms with Crippen LogP contribution in [0.4, 0.5) is 0 Å². The number of esters is 1. The molecule has 0 saturated heterocycles. The molecule has 0 N–H and O–H groups in total. The summed E-state index contributed by atoms with van der Waals surface area (Å²) in [6.07, 6.45) is 14.1. The van der Waals surface area contributed by atoms with E-state index in [-0.39, 0.29) is 18.0 Å². The van der Waals surface area contributed by atoms with Crippen molar-refractivity contribution < 1.29 is 9.53 Å². The molecule has 5 rings (SSSR count). The molecule has 0 saturated carbocycles. The van der Waals surface area contributed by atoms with Crippen LogP contribution in [0, 0.1) is 5.92 Å². The first-order chi connectivity index (χ1) is 13.6. The number of thiazole rings is 1. The highest BCUT2D eigenvalue weighted by Crippen LogP contribution is 2.32. The molecular formula is C21H14Cl2N2O2S. The molecule has 2 atom stereocenters. The molecule has 0 spiro atoms. The second-order valence-electron chi connectivity index (χ2n) is 6.70. The van der Waals surface area contributed by atoms with E-state index in [0.29, 0.717) is 27.7 Å². The maximum atomic E-state index is 12.4. The number of carbonyl (C=O) groups is 1. The van der Waals surface area contributed by atoms with Gasteiger partial charge in [0.2, 0.25) is 0 Å². The van der Waals surface area contributed by atoms with E-state index in [1.54, 1.807) is 17.4 Å². The number of aromatic nitrogens is 2. The average Bonchev–Trinajstić information content (AvgIpc) is 3.23. The van der Waals surface area contributed by atoms with Crippen LogP contribution in [0.15, 0.2) is 61.0 Å². The van der Waals surface area contributed by atoms with Gasteiger partial charge in [0.25, 0.3) is 0 Å². The summed E-state index contributed by atoms with van der Waals surface area (Å²) in [6.45, 7) is 0. The van der Waals surface area contributed by atoms with Gasteiger partial charge in [0, 0.05) is 29.6 Å². The predicted octanol–water partition coefficient (Wildman–Crippen LogP) is 5.34. The standard InChI is InChI=1S/C21H14Cl2N2O2S/c22-16-6-3-5-13(19(16)23)8-14-10-25-11-17(24-21(25)28-14)15-9-12-4-1-2-7-18(12)27-20(15)26/h1-7,9-12,18H,8H2. The van der Waals surface area contributed by atoms with Crippen LogP contribution in [0.5, 0.6) is 0 Å². The van der Waals surface area contributed by atoms with Crippen molar-refractivity contribution in [2.45, 2.75) is 12.5 Å². The monoisotopic (exact) mass is 428 g/mol. The number of benzene rings is 1. The van der Waals surface area contributed by atoms with Gasteiger partial charge in [-0.25, -0.2) is 9.78 Å². The van der Waals surface area contributed by atoms with E-state index >= 15 is 0 Å². The third kappa shape index (κ3) is 3.09. The first-order valence-electron chi connectivity index (χ1n) is 8.77. The molecule has 0 radical (unpaired) electrons. The third-order valence-electron chi connectivity index (χ3n) is 4.82. The number of carbonyl (C=O) groups excluding carboxylic acids is 1. The van der Waals surface area contributed by atoms with E-state index < -0.39 is 0 Å². The van der Waals surface area contributed by atoms with Crippen LogP contribution < -0.4 is 0 Å². The third-order valence-corrected chi connectivity index (χ3v) is 6.68. The lowest BCUT2D eigenvalue weighted by Gasteiger charge is -2.26. The number of hydrogen-bond donors (Lipinski definition) is 0. The fraction of sp³-hybridized carbons (Fsp3) is 0.143. The molecule has 140 valence electrons. The van der Waals surface area contributed by atoms with Crippen molar-refractivity contribution in [2.75, 3.05) is 0 Å². The normalized spacial score (nSPS) is 20.9. The Morgan fingerprint density at radius 3 is 2.89 bits per heavy atom. The second kappa shape index (κ2) is 6.92. The van der Waals surface area contributed by atoms with Crippen molar-refractivity contribution in [3.63, 3.8) is 0 Å². The minimum atomic E-state index is -0.335. The molecule has 2 unspecified atom stereocenters. The van der Waals surface area contributed by atoms with Crippen LogP contribution in [-0.4, -0.2) is 21.5 Å². The Balaban J connectivity index is 1.44. The number of halogens is 2. The summed E-state index contributed by atoms with van der Waals surface area (Å²) in [7, 11) is 0. The van der Waals surface area contributed by atoms with Crippen molar-refractivity contribution in [1.29, 1.82) is 0 Å². The van der Waals surface area contributed by atoms with Crippen LogP contribution >= 0.6 is 34.5 Å². The van der Waals surface area contributed by atoms with Gasteiger partial charge in [0.05, 0.1) is 21.3 Å². The molecule has 2 aliphatic rings. The Labute approximate surface area is 175 Å². The molecule has 0 amide bonds. The molecule has 1 aliphatic carbocycles. The molecule has 1 aromatic carbocycles. The van der Waals surface area contributed by atoms with Gasteiger partial charge in [-0.1, -0.05) is 59.6 Å². The van der Waals surface area contributed by atoms with Gasteiger partial charge in [-0.05, 0) is 17.7 Å². The molecule has 4 nitrogen and oxygen atoms in total. The SMILES string of the molecule is O=C1OC2C=CC=CC2C=C1c1cn2cc(Cc3cccc(Cl)c3Cl)sc2n1. The van der Waals surface area contributed by atoms with Gasteiger partial charge in [-0.2, -0.15) is 0 Å². The zero-order valence-electron chi connectivity index (χ0n) is 14.5. The summed E-state index contributed by atoms with van der Waals surface area (Å²) in [5.74, 6) is -0.282. The zero-order valence-corrected chi connectivity index (χ0v) is 16.8. The molecule has 28 heavy (non-hydrogen) atoms. The molecular weight excluding hydrogens is 415 g/mol. The van der Waals surface area contributed by atoms with E-state index in [0.717, 1.165) is 15.4 Å². The summed E-state index contributed by atoms with van der Waals surface area (Å²) in [6, 6.07) is 5.64. The average molecular weight is 429 g/mol. The molecule has 3 aromatic rings. The Hall–Kier alpha value is -2.34. The summed E-state index contributed by atoms with van der Waals surface area (Å²) in [5.41, 5.74) is 2.11. The lowest BCUT2D eigenvalue weighted by molar-refractivity contribution is -0.141. The van der Waals surface area contributed by atoms with E-state index in [2.05, 4.69) is 4.98 Å². The molecule has 7 heteroatoms. The Bertz CT molecular complexity index is 1160. The summed E-state index contributed by atoms with van der Waals surface area (Å²) >= 11 is 14.0. The Morgan fingerprint density at radius 2 is 2.04 bits per heavy atom. The highest BCUT2D eigenvalue weighted by Gasteiger charge is 2.31. The number of nitrogens with zero attached hydrogens (tertiary/aromatic N) is 2. The van der Waals surface area contributed by atoms with Crippen LogP contribution in [0.3, 0.4) is 0 Å². The van der Waals surface area contributed by atoms with Crippen LogP contribution in [0.1, 0.15) is 16.1 Å². The van der Waals surface area contributed by atoms with Gasteiger partial charge >= 0.3 is 5.97 Å². The van der Waals surface area contributed by atoms with E-state index in [1.165, 1.54) is 0 Å². The van der Waals surface area contributed by atoms with Gasteiger partial charge in [0.1, 0.15) is 6.10 Å². The lowest BCUT2D eigenvalue weighted by atomic mass is 9.92. The van der Waals surface area contributed by atoms with Crippen LogP contribution in [0.2, 0.25) is 10.0 Å². The number of imidazole rings is 1. The highest BCUT2D eigenvalue weighted by molar-refractivity contribution is 7.17. The maximum absolute atomic E-state index is 12.4. The number of hydrogen-bond acceptors (Lipinski definition) is 4. The second-order valence-corrected chi connectivity index (χ2v) is 8.58. The fourth-order valence-corrected chi connectivity index (χ4v) is 4.81. The number of allylic oxidation sites excluding steroid dienone is 2. The van der Waals surface area contributed by atoms with E-state index in [1.807, 2.05) is 59.3 Å². The number of rotatable bonds is 3. The molecule has 3 heterocycles. The van der Waals surface area contributed by atoms with Gasteiger partial charge in [-0.3, -0.25) is 4.40 Å². The lowest BCUT2D eigenvalue weighted by Crippen LogP contribution is -2.29. The highest BCUT2D eigenvalue weighted by atomic mass is 35.5. The first-order valence-corrected chi connectivity index (χ1v) is 10.3. The Morgan fingerprint density at radius 1 is 1.18 bits per heavy atom. The van der Waals surface area contributed by atoms with Crippen molar-refractivity contribution in [2.24, 2.45) is 5.92 Å². The molecule has 0 fully saturated rings. The van der Waals surface area contributed by atoms with E-state index in [4.69, 9.17) is 27.9 Å². The summed E-state index contributed by atoms with van der Waals surface area (Å²) in [4.78, 5) is 19.0. The summed E-state index contributed by atoms with van der Waals surface area (Å²) < 4.78 is 7.47. The maximum Gasteiger partial charge on any atom is 0.340 e. The number of ether oxygens (including phenoxy) is 1. The smallest absolute Gasteiger partial charge is 0.340 e. The van der Waals surface area contributed by atoms with Crippen LogP contribution in [-0.2, 0) is 16.0 Å². The van der Waals surface area contributed by atoms with Gasteiger partial charge in [-0.15, -0.1) is 11.3 Å². The quantitative estimate of drug-likeness (QED) is 0.528. The van der Waals surface area contributed by atoms with E-state index in [9.17, 15) is 4.79 Å². The molecule has 0 bridgehead atoms. The van der Waals surface area contributed by atoms with Crippen LogP contribution in [0.25, 0.3) is 10.5 Å². The van der Waals surface area contributed by atoms with Crippen molar-refractivity contribution >= 4 is 51.0 Å². The van der Waals surface area contributed by atoms with Gasteiger partial charge in [0.15, 0.2) is 4.96 Å². The number of fused-ring (bicyclic) bond motifs is 2. The Kier molecular flexibility index (Phi) is 4.38. The zero-order chi connectivity index (χ0) is 19.3. The molecule has 1 aliphatic heterocycles.